The fourth-order valence-electron chi connectivity index (χ4n) is 4.45. The Morgan fingerprint density at radius 3 is 2.96 bits per heavy atom. The number of hydrogen-bond donors (Lipinski definition) is 2. The monoisotopic (exact) mass is 369 g/mol. The highest BCUT2D eigenvalue weighted by atomic mass is 16.3. The summed E-state index contributed by atoms with van der Waals surface area (Å²) in [6, 6.07) is 6.24. The van der Waals surface area contributed by atoms with Crippen molar-refractivity contribution in [1.82, 2.24) is 25.5 Å². The van der Waals surface area contributed by atoms with Gasteiger partial charge in [0.25, 0.3) is 0 Å². The number of fused-ring (bicyclic) bond motifs is 3. The molecule has 144 valence electrons. The second kappa shape index (κ2) is 7.68. The summed E-state index contributed by atoms with van der Waals surface area (Å²) in [6.45, 7) is 7.30. The van der Waals surface area contributed by atoms with Gasteiger partial charge in [0.2, 0.25) is 0 Å². The number of aryl methyl sites for hydroxylation is 1. The molecule has 2 N–H and O–H groups in total. The quantitative estimate of drug-likeness (QED) is 0.846. The Morgan fingerprint density at radius 1 is 1.37 bits per heavy atom. The maximum atomic E-state index is 11.7. The number of aromatic nitrogens is 2. The van der Waals surface area contributed by atoms with Crippen molar-refractivity contribution in [2.75, 3.05) is 26.2 Å². The van der Waals surface area contributed by atoms with E-state index in [1.807, 2.05) is 26.0 Å². The number of carbonyl (C=O) groups is 1. The van der Waals surface area contributed by atoms with Crippen LogP contribution in [0.1, 0.15) is 37.2 Å². The molecule has 3 aliphatic heterocycles. The van der Waals surface area contributed by atoms with E-state index in [0.29, 0.717) is 31.0 Å². The van der Waals surface area contributed by atoms with E-state index >= 15 is 0 Å². The van der Waals surface area contributed by atoms with Gasteiger partial charge in [0.15, 0.2) is 5.76 Å². The molecular weight excluding hydrogens is 342 g/mol. The van der Waals surface area contributed by atoms with Gasteiger partial charge in [-0.25, -0.2) is 14.8 Å². The minimum Gasteiger partial charge on any atom is -0.463 e. The highest BCUT2D eigenvalue weighted by Crippen LogP contribution is 2.41. The van der Waals surface area contributed by atoms with Crippen LogP contribution in [0.3, 0.4) is 0 Å². The molecule has 5 rings (SSSR count). The van der Waals surface area contributed by atoms with Crippen LogP contribution in [0.5, 0.6) is 0 Å². The van der Waals surface area contributed by atoms with Gasteiger partial charge in [0, 0.05) is 37.3 Å². The Morgan fingerprint density at radius 2 is 2.26 bits per heavy atom. The molecular formula is C20H27N5O2. The summed E-state index contributed by atoms with van der Waals surface area (Å²) in [7, 11) is 0. The molecule has 2 aromatic heterocycles. The number of rotatable bonds is 5. The fraction of sp³-hybridized carbons (Fsp3) is 0.550. The van der Waals surface area contributed by atoms with Crippen molar-refractivity contribution in [2.45, 2.75) is 38.6 Å². The molecule has 7 nitrogen and oxygen atoms in total. The van der Waals surface area contributed by atoms with Crippen molar-refractivity contribution in [3.05, 3.63) is 36.0 Å². The Kier molecular flexibility index (Phi) is 5.11. The first-order valence-corrected chi connectivity index (χ1v) is 9.79. The molecule has 0 aromatic carbocycles. The minimum atomic E-state index is -0.0776. The molecule has 2 bridgehead atoms. The first-order chi connectivity index (χ1) is 13.1. The van der Waals surface area contributed by atoms with Gasteiger partial charge in [-0.3, -0.25) is 4.90 Å². The molecule has 3 fully saturated rings. The van der Waals surface area contributed by atoms with Gasteiger partial charge < -0.3 is 15.1 Å². The second-order valence-electron chi connectivity index (χ2n) is 7.48. The zero-order valence-electron chi connectivity index (χ0n) is 15.9. The average molecular weight is 369 g/mol. The van der Waals surface area contributed by atoms with E-state index in [-0.39, 0.29) is 6.03 Å². The summed E-state index contributed by atoms with van der Waals surface area (Å²) < 4.78 is 5.52. The molecule has 2 amide bonds. The van der Waals surface area contributed by atoms with Gasteiger partial charge in [-0.1, -0.05) is 0 Å². The highest BCUT2D eigenvalue weighted by molar-refractivity contribution is 5.73. The number of amides is 2. The van der Waals surface area contributed by atoms with Crippen molar-refractivity contribution in [3.8, 4) is 11.5 Å². The predicted octanol–water partition coefficient (Wildman–Crippen LogP) is 2.54. The van der Waals surface area contributed by atoms with Crippen LogP contribution < -0.4 is 10.6 Å². The molecule has 4 atom stereocenters. The van der Waals surface area contributed by atoms with Gasteiger partial charge >= 0.3 is 6.03 Å². The number of nitrogens with one attached hydrogen (secondary N) is 2. The van der Waals surface area contributed by atoms with E-state index in [2.05, 4.69) is 26.6 Å². The lowest BCUT2D eigenvalue weighted by Gasteiger charge is -2.49. The lowest BCUT2D eigenvalue weighted by molar-refractivity contribution is 0.0305. The summed E-state index contributed by atoms with van der Waals surface area (Å²) in [5, 5.41) is 5.79. The second-order valence-corrected chi connectivity index (χ2v) is 7.48. The standard InChI is InChI=1S/C20H27N5O2/c1-3-21-20(26)22-11-15-9-14-6-7-25(15)12-16(14)17-10-18(24-13(2)23-17)19-5-4-8-27-19/h4-5,8,10,14-16H,3,6-7,9,11-12H2,1-2H3,(H2,21,22,26). The van der Waals surface area contributed by atoms with Crippen molar-refractivity contribution in [3.63, 3.8) is 0 Å². The van der Waals surface area contributed by atoms with E-state index in [9.17, 15) is 4.79 Å². The highest BCUT2D eigenvalue weighted by Gasteiger charge is 2.41. The number of hydrogen-bond acceptors (Lipinski definition) is 5. The third kappa shape index (κ3) is 3.83. The zero-order valence-corrected chi connectivity index (χ0v) is 15.9. The van der Waals surface area contributed by atoms with Crippen molar-refractivity contribution in [2.24, 2.45) is 5.92 Å². The number of carbonyl (C=O) groups excluding carboxylic acids is 1. The van der Waals surface area contributed by atoms with Gasteiger partial charge in [0.05, 0.1) is 6.26 Å². The third-order valence-corrected chi connectivity index (χ3v) is 5.73. The van der Waals surface area contributed by atoms with E-state index in [0.717, 1.165) is 42.5 Å². The van der Waals surface area contributed by atoms with Gasteiger partial charge in [0.1, 0.15) is 11.5 Å². The Bertz CT molecular complexity index is 792. The van der Waals surface area contributed by atoms with Gasteiger partial charge in [-0.2, -0.15) is 0 Å². The summed E-state index contributed by atoms with van der Waals surface area (Å²) in [4.78, 5) is 23.5. The number of urea groups is 1. The molecule has 4 unspecified atom stereocenters. The predicted molar refractivity (Wildman–Crippen MR) is 102 cm³/mol. The fourth-order valence-corrected chi connectivity index (χ4v) is 4.45. The first-order valence-electron chi connectivity index (χ1n) is 9.79. The largest absolute Gasteiger partial charge is 0.463 e. The van der Waals surface area contributed by atoms with Crippen molar-refractivity contribution < 1.29 is 9.21 Å². The molecule has 3 saturated heterocycles. The van der Waals surface area contributed by atoms with E-state index in [1.54, 1.807) is 6.26 Å². The summed E-state index contributed by atoms with van der Waals surface area (Å²) in [5.41, 5.74) is 1.96. The molecule has 0 saturated carbocycles. The average Bonchev–Trinajstić information content (AvgIpc) is 3.21. The smallest absolute Gasteiger partial charge is 0.314 e. The summed E-state index contributed by atoms with van der Waals surface area (Å²) >= 11 is 0. The summed E-state index contributed by atoms with van der Waals surface area (Å²) in [5.74, 6) is 2.57. The van der Waals surface area contributed by atoms with E-state index in [1.165, 1.54) is 6.42 Å². The first kappa shape index (κ1) is 18.0. The maximum absolute atomic E-state index is 11.7. The number of nitrogens with zero attached hydrogens (tertiary/aromatic N) is 3. The summed E-state index contributed by atoms with van der Waals surface area (Å²) in [6.07, 6.45) is 3.95. The molecule has 0 spiro atoms. The van der Waals surface area contributed by atoms with Gasteiger partial charge in [-0.05, 0) is 57.4 Å². The zero-order chi connectivity index (χ0) is 18.8. The lowest BCUT2D eigenvalue weighted by Crippen LogP contribution is -2.56. The SMILES string of the molecule is CCNC(=O)NCC1CC2CCN1CC2c1cc(-c2ccco2)nc(C)n1. The van der Waals surface area contributed by atoms with Crippen molar-refractivity contribution in [1.29, 1.82) is 0 Å². The van der Waals surface area contributed by atoms with E-state index in [4.69, 9.17) is 9.40 Å². The van der Waals surface area contributed by atoms with Gasteiger partial charge in [-0.15, -0.1) is 0 Å². The molecule has 27 heavy (non-hydrogen) atoms. The lowest BCUT2D eigenvalue weighted by atomic mass is 9.74. The van der Waals surface area contributed by atoms with Crippen molar-refractivity contribution >= 4 is 6.03 Å². The number of piperidine rings is 3. The normalized spacial score (nSPS) is 26.7. The molecule has 5 heterocycles. The topological polar surface area (TPSA) is 83.3 Å². The molecule has 0 radical (unpaired) electrons. The Labute approximate surface area is 159 Å². The van der Waals surface area contributed by atoms with Crippen LogP contribution in [-0.2, 0) is 0 Å². The molecule has 7 heteroatoms. The van der Waals surface area contributed by atoms with Crippen LogP contribution in [0.15, 0.2) is 28.9 Å². The van der Waals surface area contributed by atoms with Crippen LogP contribution >= 0.6 is 0 Å². The Balaban J connectivity index is 1.47. The van der Waals surface area contributed by atoms with Crippen LogP contribution in [-0.4, -0.2) is 53.1 Å². The molecule has 2 aromatic rings. The van der Waals surface area contributed by atoms with E-state index < -0.39 is 0 Å². The van der Waals surface area contributed by atoms with Crippen LogP contribution in [0.25, 0.3) is 11.5 Å². The molecule has 0 aliphatic carbocycles. The minimum absolute atomic E-state index is 0.0776. The maximum Gasteiger partial charge on any atom is 0.314 e. The van der Waals surface area contributed by atoms with Crippen LogP contribution in [0.4, 0.5) is 4.79 Å². The Hall–Kier alpha value is -2.41. The molecule has 3 aliphatic rings. The number of furan rings is 1. The third-order valence-electron chi connectivity index (χ3n) is 5.73. The van der Waals surface area contributed by atoms with Crippen LogP contribution in [0, 0.1) is 12.8 Å². The van der Waals surface area contributed by atoms with Crippen LogP contribution in [0.2, 0.25) is 0 Å².